The van der Waals surface area contributed by atoms with Gasteiger partial charge in [0.05, 0.1) is 0 Å². The Kier molecular flexibility index (Phi) is 2.62. The molecule has 0 radical (unpaired) electrons. The molecule has 0 saturated heterocycles. The third-order valence-corrected chi connectivity index (χ3v) is 1.93. The number of halogens is 3. The zero-order valence-electron chi connectivity index (χ0n) is 5.74. The molecule has 0 aromatic carbocycles. The van der Waals surface area contributed by atoms with Crippen LogP contribution in [0.2, 0.25) is 10.3 Å². The lowest BCUT2D eigenvalue weighted by Crippen LogP contribution is -1.95. The first-order valence-corrected chi connectivity index (χ1v) is 3.65. The third kappa shape index (κ3) is 1.79. The number of hydrogen-bond donors (Lipinski definition) is 0. The first-order chi connectivity index (χ1) is 5.15. The van der Waals surface area contributed by atoms with E-state index in [-0.39, 0.29) is 16.1 Å². The average molecular weight is 195 g/mol. The molecule has 0 bridgehead atoms. The van der Waals surface area contributed by atoms with E-state index in [1.165, 1.54) is 0 Å². The fourth-order valence-corrected chi connectivity index (χ4v) is 0.987. The van der Waals surface area contributed by atoms with E-state index < -0.39 is 6.67 Å². The van der Waals surface area contributed by atoms with Crippen molar-refractivity contribution >= 4 is 23.2 Å². The van der Waals surface area contributed by atoms with Gasteiger partial charge in [-0.05, 0) is 6.92 Å². The second-order valence-electron chi connectivity index (χ2n) is 1.98. The van der Waals surface area contributed by atoms with Crippen LogP contribution in [0.25, 0.3) is 0 Å². The quantitative estimate of drug-likeness (QED) is 0.643. The van der Waals surface area contributed by atoms with Crippen molar-refractivity contribution in [2.45, 2.75) is 13.6 Å². The molecule has 0 aliphatic rings. The fourth-order valence-electron chi connectivity index (χ4n) is 0.564. The van der Waals surface area contributed by atoms with Gasteiger partial charge in [0.1, 0.15) is 17.0 Å². The molecule has 1 rings (SSSR count). The zero-order chi connectivity index (χ0) is 8.43. The van der Waals surface area contributed by atoms with Crippen LogP contribution >= 0.6 is 23.2 Å². The third-order valence-electron chi connectivity index (χ3n) is 1.19. The van der Waals surface area contributed by atoms with E-state index in [0.717, 1.165) is 0 Å². The largest absolute Gasteiger partial charge is 0.242 e. The topological polar surface area (TPSA) is 25.8 Å². The highest BCUT2D eigenvalue weighted by Crippen LogP contribution is 2.19. The van der Waals surface area contributed by atoms with Gasteiger partial charge in [-0.25, -0.2) is 14.4 Å². The van der Waals surface area contributed by atoms with Crippen molar-refractivity contribution in [3.8, 4) is 0 Å². The lowest BCUT2D eigenvalue weighted by molar-refractivity contribution is 0.465. The predicted octanol–water partition coefficient (Wildman–Crippen LogP) is 2.56. The number of aromatic nitrogens is 2. The maximum atomic E-state index is 12.0. The molecule has 0 fully saturated rings. The molecule has 60 valence electrons. The molecular formula is C6H5Cl2FN2. The lowest BCUT2D eigenvalue weighted by atomic mass is 10.4. The summed E-state index contributed by atoms with van der Waals surface area (Å²) in [7, 11) is 0. The van der Waals surface area contributed by atoms with Crippen LogP contribution in [0.4, 0.5) is 4.39 Å². The van der Waals surface area contributed by atoms with Crippen LogP contribution in [0.3, 0.4) is 0 Å². The fraction of sp³-hybridized carbons (Fsp3) is 0.333. The summed E-state index contributed by atoms with van der Waals surface area (Å²) < 4.78 is 12.0. The molecule has 0 atom stereocenters. The van der Waals surface area contributed by atoms with Crippen molar-refractivity contribution < 1.29 is 4.39 Å². The highest BCUT2D eigenvalue weighted by Gasteiger charge is 2.06. The van der Waals surface area contributed by atoms with Gasteiger partial charge < -0.3 is 0 Å². The van der Waals surface area contributed by atoms with Crippen LogP contribution in [-0.4, -0.2) is 9.97 Å². The summed E-state index contributed by atoms with van der Waals surface area (Å²) >= 11 is 11.2. The van der Waals surface area contributed by atoms with Crippen molar-refractivity contribution in [1.82, 2.24) is 9.97 Å². The van der Waals surface area contributed by atoms with Gasteiger partial charge in [-0.15, -0.1) is 0 Å². The molecule has 0 saturated carbocycles. The Hall–Kier alpha value is -0.410. The van der Waals surface area contributed by atoms with Crippen LogP contribution in [0, 0.1) is 6.92 Å². The van der Waals surface area contributed by atoms with Gasteiger partial charge in [0.15, 0.2) is 5.82 Å². The minimum atomic E-state index is -0.750. The summed E-state index contributed by atoms with van der Waals surface area (Å²) in [4.78, 5) is 7.29. The highest BCUT2D eigenvalue weighted by molar-refractivity contribution is 6.34. The normalized spacial score (nSPS) is 10.2. The molecule has 0 aliphatic carbocycles. The minimum Gasteiger partial charge on any atom is -0.242 e. The van der Waals surface area contributed by atoms with Crippen LogP contribution in [0.1, 0.15) is 11.4 Å². The summed E-state index contributed by atoms with van der Waals surface area (Å²) in [5.74, 6) is 0.0191. The minimum absolute atomic E-state index is 0.0191. The van der Waals surface area contributed by atoms with E-state index >= 15 is 0 Å². The van der Waals surface area contributed by atoms with Crippen LogP contribution < -0.4 is 0 Å². The molecule has 0 aliphatic heterocycles. The molecular weight excluding hydrogens is 190 g/mol. The number of nitrogens with zero attached hydrogens (tertiary/aromatic N) is 2. The number of hydrogen-bond acceptors (Lipinski definition) is 2. The van der Waals surface area contributed by atoms with E-state index in [0.29, 0.717) is 5.56 Å². The lowest BCUT2D eigenvalue weighted by Gasteiger charge is -2.00. The molecule has 1 heterocycles. The van der Waals surface area contributed by atoms with Gasteiger partial charge in [0.25, 0.3) is 0 Å². The van der Waals surface area contributed by atoms with Crippen molar-refractivity contribution in [3.63, 3.8) is 0 Å². The van der Waals surface area contributed by atoms with Crippen LogP contribution in [0.5, 0.6) is 0 Å². The van der Waals surface area contributed by atoms with Crippen molar-refractivity contribution in [3.05, 3.63) is 21.7 Å². The maximum Gasteiger partial charge on any atom is 0.162 e. The van der Waals surface area contributed by atoms with Gasteiger partial charge in [0.2, 0.25) is 0 Å². The second-order valence-corrected chi connectivity index (χ2v) is 2.70. The zero-order valence-corrected chi connectivity index (χ0v) is 7.25. The van der Waals surface area contributed by atoms with E-state index in [2.05, 4.69) is 9.97 Å². The van der Waals surface area contributed by atoms with E-state index in [4.69, 9.17) is 23.2 Å². The molecule has 1 aromatic rings. The molecule has 0 unspecified atom stereocenters. The van der Waals surface area contributed by atoms with E-state index in [1.54, 1.807) is 6.92 Å². The molecule has 5 heteroatoms. The summed E-state index contributed by atoms with van der Waals surface area (Å²) in [5, 5.41) is 0.412. The average Bonchev–Trinajstić information content (AvgIpc) is 1.99. The second kappa shape index (κ2) is 3.32. The summed E-state index contributed by atoms with van der Waals surface area (Å²) in [6.07, 6.45) is 0. The summed E-state index contributed by atoms with van der Waals surface area (Å²) in [6, 6.07) is 0. The molecule has 1 aromatic heterocycles. The van der Waals surface area contributed by atoms with Gasteiger partial charge >= 0.3 is 0 Å². The molecule has 11 heavy (non-hydrogen) atoms. The van der Waals surface area contributed by atoms with E-state index in [1.807, 2.05) is 0 Å². The predicted molar refractivity (Wildman–Crippen MR) is 41.6 cm³/mol. The Bertz CT molecular complexity index is 254. The Balaban J connectivity index is 3.21. The Morgan fingerprint density at radius 2 is 1.73 bits per heavy atom. The molecule has 2 nitrogen and oxygen atoms in total. The Labute approximate surface area is 73.4 Å². The van der Waals surface area contributed by atoms with Gasteiger partial charge in [-0.2, -0.15) is 0 Å². The van der Waals surface area contributed by atoms with Crippen LogP contribution in [0.15, 0.2) is 0 Å². The monoisotopic (exact) mass is 194 g/mol. The molecule has 0 spiro atoms. The molecule has 0 N–H and O–H groups in total. The van der Waals surface area contributed by atoms with Gasteiger partial charge in [-0.3, -0.25) is 0 Å². The van der Waals surface area contributed by atoms with Crippen molar-refractivity contribution in [1.29, 1.82) is 0 Å². The number of rotatable bonds is 1. The summed E-state index contributed by atoms with van der Waals surface area (Å²) in [6.45, 7) is 0.923. The smallest absolute Gasteiger partial charge is 0.162 e. The van der Waals surface area contributed by atoms with Crippen molar-refractivity contribution in [2.24, 2.45) is 0 Å². The van der Waals surface area contributed by atoms with Gasteiger partial charge in [-0.1, -0.05) is 23.2 Å². The Morgan fingerprint density at radius 1 is 1.27 bits per heavy atom. The first-order valence-electron chi connectivity index (χ1n) is 2.89. The maximum absolute atomic E-state index is 12.0. The first kappa shape index (κ1) is 8.68. The van der Waals surface area contributed by atoms with E-state index in [9.17, 15) is 4.39 Å². The summed E-state index contributed by atoms with van der Waals surface area (Å²) in [5.41, 5.74) is 0.575. The standard InChI is InChI=1S/C6H5Cl2FN2/c1-3-5(7)10-4(2-9)11-6(3)8/h2H2,1H3. The van der Waals surface area contributed by atoms with Crippen LogP contribution in [-0.2, 0) is 6.67 Å². The Morgan fingerprint density at radius 3 is 2.09 bits per heavy atom. The highest BCUT2D eigenvalue weighted by atomic mass is 35.5. The SMILES string of the molecule is Cc1c(Cl)nc(CF)nc1Cl. The number of alkyl halides is 1. The molecule has 0 amide bonds. The van der Waals surface area contributed by atoms with Gasteiger partial charge in [0, 0.05) is 5.56 Å². The van der Waals surface area contributed by atoms with Crippen molar-refractivity contribution in [2.75, 3.05) is 0 Å².